The van der Waals surface area contributed by atoms with Crippen molar-refractivity contribution >= 4 is 17.5 Å². The van der Waals surface area contributed by atoms with Crippen molar-refractivity contribution in [3.05, 3.63) is 23.0 Å². The minimum atomic E-state index is -0.193. The van der Waals surface area contributed by atoms with E-state index in [0.717, 1.165) is 19.3 Å². The van der Waals surface area contributed by atoms with Crippen molar-refractivity contribution in [2.45, 2.75) is 25.4 Å². The largest absolute Gasteiger partial charge is 0.393 e. The Hall–Kier alpha value is -1.00. The van der Waals surface area contributed by atoms with Crippen molar-refractivity contribution in [1.29, 1.82) is 0 Å². The topological polar surface area (TPSA) is 65.1 Å². The van der Waals surface area contributed by atoms with Crippen LogP contribution < -0.4 is 5.32 Å². The predicted molar refractivity (Wildman–Crippen MR) is 61.5 cm³/mol. The molecule has 2 rings (SSSR count). The molecule has 1 fully saturated rings. The van der Waals surface area contributed by atoms with Gasteiger partial charge < -0.3 is 15.4 Å². The van der Waals surface area contributed by atoms with Crippen molar-refractivity contribution in [2.24, 2.45) is 5.92 Å². The number of H-pyrrole nitrogens is 1. The molecule has 4 nitrogen and oxygen atoms in total. The maximum atomic E-state index is 11.6. The fourth-order valence-corrected chi connectivity index (χ4v) is 2.23. The Balaban J connectivity index is 1.80. The Morgan fingerprint density at radius 1 is 1.62 bits per heavy atom. The smallest absolute Gasteiger partial charge is 0.267 e. The molecule has 1 amide bonds. The number of aromatic amines is 1. The Morgan fingerprint density at radius 3 is 3.00 bits per heavy atom. The zero-order chi connectivity index (χ0) is 11.5. The number of hydrogen-bond donors (Lipinski definition) is 3. The summed E-state index contributed by atoms with van der Waals surface area (Å²) in [6, 6.07) is 1.60. The van der Waals surface area contributed by atoms with Crippen LogP contribution in [0.1, 0.15) is 29.8 Å². The van der Waals surface area contributed by atoms with Gasteiger partial charge in [-0.15, -0.1) is 0 Å². The number of amides is 1. The van der Waals surface area contributed by atoms with Gasteiger partial charge in [0, 0.05) is 12.7 Å². The van der Waals surface area contributed by atoms with E-state index >= 15 is 0 Å². The van der Waals surface area contributed by atoms with E-state index in [0.29, 0.717) is 23.2 Å². The van der Waals surface area contributed by atoms with Crippen LogP contribution in [-0.2, 0) is 0 Å². The minimum Gasteiger partial charge on any atom is -0.393 e. The van der Waals surface area contributed by atoms with E-state index < -0.39 is 0 Å². The maximum Gasteiger partial charge on any atom is 0.267 e. The highest BCUT2D eigenvalue weighted by Crippen LogP contribution is 2.24. The lowest BCUT2D eigenvalue weighted by Crippen LogP contribution is -2.28. The highest BCUT2D eigenvalue weighted by Gasteiger charge is 2.23. The molecule has 0 saturated heterocycles. The number of aliphatic hydroxyl groups is 1. The molecule has 1 aliphatic rings. The van der Waals surface area contributed by atoms with Gasteiger partial charge in [-0.2, -0.15) is 0 Å². The van der Waals surface area contributed by atoms with Crippen LogP contribution in [0.15, 0.2) is 12.3 Å². The summed E-state index contributed by atoms with van der Waals surface area (Å²) in [6.07, 6.45) is 3.99. The van der Waals surface area contributed by atoms with Crippen molar-refractivity contribution in [2.75, 3.05) is 6.54 Å². The van der Waals surface area contributed by atoms with Gasteiger partial charge in [-0.1, -0.05) is 11.6 Å². The zero-order valence-corrected chi connectivity index (χ0v) is 9.63. The average molecular weight is 243 g/mol. The van der Waals surface area contributed by atoms with Gasteiger partial charge in [0.25, 0.3) is 5.91 Å². The molecule has 3 N–H and O–H groups in total. The van der Waals surface area contributed by atoms with Crippen LogP contribution in [0.2, 0.25) is 5.02 Å². The van der Waals surface area contributed by atoms with Gasteiger partial charge >= 0.3 is 0 Å². The minimum absolute atomic E-state index is 0.145. The standard InChI is InChI=1S/C11H15ClN2O2/c12-8-4-10(13-6-8)11(16)14-5-7-1-2-9(15)3-7/h4,6-7,9,13,15H,1-3,5H2,(H,14,16). The number of rotatable bonds is 3. The summed E-state index contributed by atoms with van der Waals surface area (Å²) < 4.78 is 0. The van der Waals surface area contributed by atoms with Crippen LogP contribution >= 0.6 is 11.6 Å². The highest BCUT2D eigenvalue weighted by molar-refractivity contribution is 6.30. The van der Waals surface area contributed by atoms with Gasteiger partial charge in [0.15, 0.2) is 0 Å². The number of carbonyl (C=O) groups is 1. The first-order valence-corrected chi connectivity index (χ1v) is 5.83. The highest BCUT2D eigenvalue weighted by atomic mass is 35.5. The average Bonchev–Trinajstić information content (AvgIpc) is 2.84. The second kappa shape index (κ2) is 4.89. The number of hydrogen-bond acceptors (Lipinski definition) is 2. The summed E-state index contributed by atoms with van der Waals surface area (Å²) in [4.78, 5) is 14.4. The number of halogens is 1. The normalized spacial score (nSPS) is 24.6. The van der Waals surface area contributed by atoms with Crippen LogP contribution in [0, 0.1) is 5.92 Å². The molecule has 1 aromatic rings. The van der Waals surface area contributed by atoms with E-state index in [4.69, 9.17) is 11.6 Å². The summed E-state index contributed by atoms with van der Waals surface area (Å²) in [7, 11) is 0. The Kier molecular flexibility index (Phi) is 3.51. The van der Waals surface area contributed by atoms with Gasteiger partial charge in [-0.05, 0) is 31.2 Å². The van der Waals surface area contributed by atoms with Gasteiger partial charge in [0.1, 0.15) is 5.69 Å². The fraction of sp³-hybridized carbons (Fsp3) is 0.545. The van der Waals surface area contributed by atoms with Crippen molar-refractivity contribution in [3.63, 3.8) is 0 Å². The number of nitrogens with one attached hydrogen (secondary N) is 2. The summed E-state index contributed by atoms with van der Waals surface area (Å²) in [5.41, 5.74) is 0.476. The van der Waals surface area contributed by atoms with Crippen LogP contribution in [-0.4, -0.2) is 28.6 Å². The van der Waals surface area contributed by atoms with Gasteiger partial charge in [-0.25, -0.2) is 0 Å². The van der Waals surface area contributed by atoms with E-state index in [1.54, 1.807) is 12.3 Å². The third-order valence-electron chi connectivity index (χ3n) is 2.96. The van der Waals surface area contributed by atoms with Crippen LogP contribution in [0.3, 0.4) is 0 Å². The molecule has 0 aromatic carbocycles. The Morgan fingerprint density at radius 2 is 2.44 bits per heavy atom. The van der Waals surface area contributed by atoms with Crippen LogP contribution in [0.25, 0.3) is 0 Å². The first-order chi connectivity index (χ1) is 7.65. The maximum absolute atomic E-state index is 11.6. The third-order valence-corrected chi connectivity index (χ3v) is 3.18. The molecule has 0 bridgehead atoms. The van der Waals surface area contributed by atoms with E-state index in [1.165, 1.54) is 0 Å². The third kappa shape index (κ3) is 2.77. The molecule has 0 radical (unpaired) electrons. The van der Waals surface area contributed by atoms with Crippen LogP contribution in [0.4, 0.5) is 0 Å². The molecule has 1 saturated carbocycles. The van der Waals surface area contributed by atoms with E-state index in [1.807, 2.05) is 0 Å². The molecule has 2 atom stereocenters. The molecule has 1 heterocycles. The molecular weight excluding hydrogens is 228 g/mol. The summed E-state index contributed by atoms with van der Waals surface area (Å²) in [5.74, 6) is 0.248. The number of aromatic nitrogens is 1. The first-order valence-electron chi connectivity index (χ1n) is 5.45. The zero-order valence-electron chi connectivity index (χ0n) is 8.87. The van der Waals surface area contributed by atoms with Gasteiger partial charge in [-0.3, -0.25) is 4.79 Å². The molecule has 0 aliphatic heterocycles. The fourth-order valence-electron chi connectivity index (χ4n) is 2.07. The first kappa shape index (κ1) is 11.5. The number of aliphatic hydroxyl groups excluding tert-OH is 1. The lowest BCUT2D eigenvalue weighted by molar-refractivity contribution is 0.0940. The molecule has 88 valence electrons. The van der Waals surface area contributed by atoms with Crippen molar-refractivity contribution in [1.82, 2.24) is 10.3 Å². The molecule has 1 aromatic heterocycles. The van der Waals surface area contributed by atoms with E-state index in [2.05, 4.69) is 10.3 Å². The molecular formula is C11H15ClN2O2. The summed E-state index contributed by atoms with van der Waals surface area (Å²) in [5, 5.41) is 12.7. The van der Waals surface area contributed by atoms with Crippen molar-refractivity contribution < 1.29 is 9.90 Å². The SMILES string of the molecule is O=C(NCC1CCC(O)C1)c1cc(Cl)c[nH]1. The lowest BCUT2D eigenvalue weighted by Gasteiger charge is -2.09. The van der Waals surface area contributed by atoms with Gasteiger partial charge in [0.2, 0.25) is 0 Å². The second-order valence-corrected chi connectivity index (χ2v) is 4.71. The summed E-state index contributed by atoms with van der Waals surface area (Å²) in [6.45, 7) is 0.618. The number of carbonyl (C=O) groups excluding carboxylic acids is 1. The molecule has 1 aliphatic carbocycles. The predicted octanol–water partition coefficient (Wildman–Crippen LogP) is 1.56. The quantitative estimate of drug-likeness (QED) is 0.753. The van der Waals surface area contributed by atoms with Crippen LogP contribution in [0.5, 0.6) is 0 Å². The Labute approximate surface area is 99.0 Å². The summed E-state index contributed by atoms with van der Waals surface area (Å²) >= 11 is 5.71. The molecule has 2 unspecified atom stereocenters. The van der Waals surface area contributed by atoms with E-state index in [9.17, 15) is 9.90 Å². The lowest BCUT2D eigenvalue weighted by atomic mass is 10.1. The Bertz CT molecular complexity index is 378. The van der Waals surface area contributed by atoms with Crippen molar-refractivity contribution in [3.8, 4) is 0 Å². The molecule has 5 heteroatoms. The molecule has 16 heavy (non-hydrogen) atoms. The second-order valence-electron chi connectivity index (χ2n) is 4.27. The van der Waals surface area contributed by atoms with Gasteiger partial charge in [0.05, 0.1) is 11.1 Å². The monoisotopic (exact) mass is 242 g/mol. The molecule has 0 spiro atoms. The van der Waals surface area contributed by atoms with E-state index in [-0.39, 0.29) is 12.0 Å².